The Morgan fingerprint density at radius 1 is 0.205 bits per heavy atom. The van der Waals surface area contributed by atoms with Gasteiger partial charge in [-0.05, 0) is 140 Å². The van der Waals surface area contributed by atoms with Crippen LogP contribution >= 0.6 is 0 Å². The van der Waals surface area contributed by atoms with Crippen molar-refractivity contribution < 1.29 is 8.83 Å². The van der Waals surface area contributed by atoms with E-state index < -0.39 is 0 Å². The van der Waals surface area contributed by atoms with Crippen LogP contribution in [0, 0.1) is 0 Å². The Morgan fingerprint density at radius 2 is 0.536 bits per heavy atom. The number of nitrogens with zero attached hydrogens (tertiary/aromatic N) is 6. The van der Waals surface area contributed by atoms with Crippen molar-refractivity contribution in [1.29, 1.82) is 0 Å². The van der Waals surface area contributed by atoms with E-state index in [0.29, 0.717) is 22.8 Å². The van der Waals surface area contributed by atoms with Crippen LogP contribution < -0.4 is 0 Å². The molecule has 524 valence electrons. The first-order valence-corrected chi connectivity index (χ1v) is 37.8. The summed E-state index contributed by atoms with van der Waals surface area (Å²) in [6.07, 6.45) is 0. The van der Waals surface area contributed by atoms with Crippen LogP contribution in [0.25, 0.3) is 211 Å². The molecule has 0 saturated carbocycles. The zero-order valence-electron chi connectivity index (χ0n) is 60.6. The molecule has 0 bridgehead atoms. The van der Waals surface area contributed by atoms with Crippen molar-refractivity contribution in [3.8, 4) is 123 Å². The summed E-state index contributed by atoms with van der Waals surface area (Å²) in [4.78, 5) is 20.9. The topological polar surface area (TPSA) is 87.7 Å². The van der Waals surface area contributed by atoms with E-state index in [-0.39, 0.29) is 0 Å². The first kappa shape index (κ1) is 65.2. The van der Waals surface area contributed by atoms with Crippen LogP contribution in [0.15, 0.2) is 409 Å². The molecule has 0 amide bonds. The Hall–Kier alpha value is -15.1. The smallest absolute Gasteiger partial charge is 0.180 e. The van der Waals surface area contributed by atoms with Gasteiger partial charge in [0, 0.05) is 60.7 Å². The van der Waals surface area contributed by atoms with Crippen molar-refractivity contribution >= 4 is 87.7 Å². The van der Waals surface area contributed by atoms with Gasteiger partial charge in [0.25, 0.3) is 0 Å². The fourth-order valence-corrected chi connectivity index (χ4v) is 16.5. The number of hydrogen-bond donors (Lipinski definition) is 0. The van der Waals surface area contributed by atoms with Crippen LogP contribution in [0.4, 0.5) is 0 Å². The first-order chi connectivity index (χ1) is 55.5. The van der Waals surface area contributed by atoms with E-state index in [1.54, 1.807) is 0 Å². The number of aromatic nitrogens is 6. The summed E-state index contributed by atoms with van der Waals surface area (Å²) < 4.78 is 18.3. The summed E-state index contributed by atoms with van der Waals surface area (Å²) in [5.41, 5.74) is 30.3. The van der Waals surface area contributed by atoms with E-state index in [0.717, 1.165) is 139 Å². The average Bonchev–Trinajstić information content (AvgIpc) is 1.57. The lowest BCUT2D eigenvalue weighted by molar-refractivity contribution is 0.667. The number of hydrogen-bond acceptors (Lipinski definition) is 6. The minimum Gasteiger partial charge on any atom is -0.452 e. The second kappa shape index (κ2) is 27.6. The Morgan fingerprint density at radius 3 is 1.04 bits per heavy atom. The predicted molar refractivity (Wildman–Crippen MR) is 462 cm³/mol. The highest BCUT2D eigenvalue weighted by atomic mass is 16.3. The van der Waals surface area contributed by atoms with E-state index in [1.165, 1.54) is 49.2 Å². The minimum absolute atomic E-state index is 0.657. The van der Waals surface area contributed by atoms with Crippen molar-refractivity contribution in [2.24, 2.45) is 0 Å². The number of rotatable bonds is 12. The molecule has 8 heteroatoms. The summed E-state index contributed by atoms with van der Waals surface area (Å²) in [6, 6.07) is 141. The van der Waals surface area contributed by atoms with E-state index in [1.807, 2.05) is 60.7 Å². The lowest BCUT2D eigenvalue weighted by atomic mass is 9.95. The predicted octanol–water partition coefficient (Wildman–Crippen LogP) is 27.6. The third kappa shape index (κ3) is 11.5. The minimum atomic E-state index is 0.657. The van der Waals surface area contributed by atoms with Gasteiger partial charge >= 0.3 is 0 Å². The molecule has 112 heavy (non-hydrogen) atoms. The van der Waals surface area contributed by atoms with Crippen molar-refractivity contribution in [2.45, 2.75) is 0 Å². The molecule has 0 radical (unpaired) electrons. The zero-order valence-corrected chi connectivity index (χ0v) is 60.6. The van der Waals surface area contributed by atoms with Crippen LogP contribution in [0.3, 0.4) is 0 Å². The molecule has 0 unspecified atom stereocenters. The standard InChI is InChI=1S/2C52H33N3O/c1-4-16-34(17-5-1)36-20-12-23-39(32-36)48-51-49(54-52(53-48)35-18-6-2-7-19-35)47-41(27-15-31-46(47)56-51)37-21-13-22-38(33-37)42-28-14-29-44-43-26-10-11-30-45(43)55(50(42)44)40-24-8-3-9-25-40;1-4-15-34(16-5-1)36-19-13-22-40(32-36)49-51-50(54-52(53-49)35-17-6-2-7-18-35)48-42(26-14-28-47(48)56-51)39-21-12-20-37(31-39)38-29-30-44-43-25-10-11-27-45(43)55(46(44)33-38)41-23-8-3-9-24-41/h2*1-33H. The van der Waals surface area contributed by atoms with Gasteiger partial charge < -0.3 is 18.0 Å². The number of fused-ring (bicyclic) bond motifs is 12. The summed E-state index contributed by atoms with van der Waals surface area (Å²) in [5.74, 6) is 1.32. The fourth-order valence-electron chi connectivity index (χ4n) is 16.5. The molecule has 0 aliphatic heterocycles. The van der Waals surface area contributed by atoms with Gasteiger partial charge in [0.15, 0.2) is 22.8 Å². The number of para-hydroxylation sites is 5. The van der Waals surface area contributed by atoms with E-state index in [4.69, 9.17) is 28.8 Å². The molecule has 0 fully saturated rings. The van der Waals surface area contributed by atoms with Gasteiger partial charge in [-0.25, -0.2) is 19.9 Å². The molecule has 6 aromatic heterocycles. The lowest BCUT2D eigenvalue weighted by Crippen LogP contribution is -1.95. The number of furan rings is 2. The quantitative estimate of drug-likeness (QED) is 0.121. The van der Waals surface area contributed by atoms with Crippen LogP contribution in [-0.4, -0.2) is 29.1 Å². The molecular formula is C104H66N6O2. The van der Waals surface area contributed by atoms with Crippen molar-refractivity contribution in [3.05, 3.63) is 400 Å². The molecule has 8 nitrogen and oxygen atoms in total. The molecule has 16 aromatic carbocycles. The summed E-state index contributed by atoms with van der Waals surface area (Å²) in [7, 11) is 0. The molecule has 0 atom stereocenters. The molecule has 0 N–H and O–H groups in total. The van der Waals surface area contributed by atoms with E-state index in [9.17, 15) is 0 Å². The van der Waals surface area contributed by atoms with Crippen molar-refractivity contribution in [1.82, 2.24) is 29.1 Å². The molecule has 0 saturated heterocycles. The van der Waals surface area contributed by atoms with Crippen molar-refractivity contribution in [3.63, 3.8) is 0 Å². The van der Waals surface area contributed by atoms with Gasteiger partial charge in [-0.2, -0.15) is 0 Å². The van der Waals surface area contributed by atoms with Gasteiger partial charge in [0.05, 0.1) is 32.8 Å². The Kier molecular flexibility index (Phi) is 16.1. The largest absolute Gasteiger partial charge is 0.452 e. The normalized spacial score (nSPS) is 11.6. The third-order valence-electron chi connectivity index (χ3n) is 21.6. The number of benzene rings is 16. The average molecular weight is 1430 g/mol. The second-order valence-electron chi connectivity index (χ2n) is 28.3. The molecule has 0 aliphatic carbocycles. The maximum atomic E-state index is 6.78. The maximum Gasteiger partial charge on any atom is 0.180 e. The van der Waals surface area contributed by atoms with Crippen LogP contribution in [-0.2, 0) is 0 Å². The van der Waals surface area contributed by atoms with Gasteiger partial charge in [0.1, 0.15) is 33.6 Å². The molecule has 22 rings (SSSR count). The Labute approximate surface area is 645 Å². The van der Waals surface area contributed by atoms with Crippen LogP contribution in [0.2, 0.25) is 0 Å². The fraction of sp³-hybridized carbons (Fsp3) is 0. The molecule has 0 spiro atoms. The maximum absolute atomic E-state index is 6.78. The summed E-state index contributed by atoms with van der Waals surface area (Å²) >= 11 is 0. The highest BCUT2D eigenvalue weighted by Crippen LogP contribution is 2.46. The van der Waals surface area contributed by atoms with Gasteiger partial charge in [0.2, 0.25) is 0 Å². The van der Waals surface area contributed by atoms with Gasteiger partial charge in [-0.1, -0.05) is 322 Å². The van der Waals surface area contributed by atoms with Gasteiger partial charge in [-0.15, -0.1) is 0 Å². The molecule has 0 aliphatic rings. The summed E-state index contributed by atoms with van der Waals surface area (Å²) in [5, 5.41) is 6.88. The molecular weight excluding hydrogens is 1370 g/mol. The highest BCUT2D eigenvalue weighted by Gasteiger charge is 2.26. The first-order valence-electron chi connectivity index (χ1n) is 37.8. The SMILES string of the molecule is c1ccc(-c2cccc(-c3nc(-c4ccccc4)nc4c3oc3cccc(-c5cccc(-c6ccc7c8ccccc8n(-c8ccccc8)c7c6)c5)c34)c2)cc1.c1ccc(-c2cccc(-c3nc(-c4ccccc4)nc4c3oc3cccc(-c5cccc(-c6cccc7c8ccccc8n(-c8ccccc8)c67)c5)c34)c2)cc1. The van der Waals surface area contributed by atoms with Crippen LogP contribution in [0.5, 0.6) is 0 Å². The lowest BCUT2D eigenvalue weighted by Gasteiger charge is -2.13. The molecule has 6 heterocycles. The Balaban J connectivity index is 0.000000141. The van der Waals surface area contributed by atoms with Crippen LogP contribution in [0.1, 0.15) is 0 Å². The Bertz CT molecular complexity index is 7350. The van der Waals surface area contributed by atoms with E-state index in [2.05, 4.69) is 349 Å². The summed E-state index contributed by atoms with van der Waals surface area (Å²) in [6.45, 7) is 0. The zero-order chi connectivity index (χ0) is 74.0. The molecule has 22 aromatic rings. The second-order valence-corrected chi connectivity index (χ2v) is 28.3. The highest BCUT2D eigenvalue weighted by molar-refractivity contribution is 6.17. The van der Waals surface area contributed by atoms with Gasteiger partial charge in [-0.3, -0.25) is 0 Å². The third-order valence-corrected chi connectivity index (χ3v) is 21.6. The monoisotopic (exact) mass is 1430 g/mol. The van der Waals surface area contributed by atoms with E-state index >= 15 is 0 Å². The van der Waals surface area contributed by atoms with Crippen molar-refractivity contribution in [2.75, 3.05) is 0 Å².